The number of fused-ring (bicyclic) bond motifs is 1. The molecule has 3 aromatic rings. The molecule has 0 saturated heterocycles. The summed E-state index contributed by atoms with van der Waals surface area (Å²) in [5, 5.41) is 2.51. The summed E-state index contributed by atoms with van der Waals surface area (Å²) in [5.41, 5.74) is 1.36. The van der Waals surface area contributed by atoms with Crippen LogP contribution in [0.3, 0.4) is 0 Å². The second kappa shape index (κ2) is 6.62. The minimum atomic E-state index is -1.27. The van der Waals surface area contributed by atoms with Crippen molar-refractivity contribution in [2.75, 3.05) is 11.9 Å². The van der Waals surface area contributed by atoms with Gasteiger partial charge in [-0.3, -0.25) is 5.32 Å². The summed E-state index contributed by atoms with van der Waals surface area (Å²) in [7, 11) is -1.27. The van der Waals surface area contributed by atoms with Crippen molar-refractivity contribution in [3.05, 3.63) is 48.5 Å². The van der Waals surface area contributed by atoms with Crippen LogP contribution in [0.5, 0.6) is 0 Å². The van der Waals surface area contributed by atoms with Crippen LogP contribution < -0.4 is 5.32 Å². The van der Waals surface area contributed by atoms with E-state index in [0.717, 1.165) is 4.90 Å². The summed E-state index contributed by atoms with van der Waals surface area (Å²) < 4.78 is 17.3. The third-order valence-electron chi connectivity index (χ3n) is 3.12. The van der Waals surface area contributed by atoms with Gasteiger partial charge in [-0.25, -0.2) is 14.0 Å². The van der Waals surface area contributed by atoms with Gasteiger partial charge in [0, 0.05) is 9.79 Å². The van der Waals surface area contributed by atoms with E-state index in [1.807, 2.05) is 30.3 Å². The molecule has 118 valence electrons. The van der Waals surface area contributed by atoms with Gasteiger partial charge in [-0.15, -0.1) is 0 Å². The van der Waals surface area contributed by atoms with Gasteiger partial charge in [-0.05, 0) is 37.3 Å². The minimum absolute atomic E-state index is 0.284. The van der Waals surface area contributed by atoms with Crippen LogP contribution >= 0.6 is 0 Å². The molecule has 0 spiro atoms. The molecule has 0 radical (unpaired) electrons. The Morgan fingerprint density at radius 3 is 2.74 bits per heavy atom. The van der Waals surface area contributed by atoms with Crippen molar-refractivity contribution in [2.45, 2.75) is 16.7 Å². The van der Waals surface area contributed by atoms with Crippen LogP contribution in [-0.4, -0.2) is 26.9 Å². The molecule has 23 heavy (non-hydrogen) atoms. The average Bonchev–Trinajstić information content (AvgIpc) is 2.96. The summed E-state index contributed by atoms with van der Waals surface area (Å²) in [6.45, 7) is 2.01. The molecule has 0 aliphatic carbocycles. The number of ether oxygens (including phenoxy) is 1. The van der Waals surface area contributed by atoms with Crippen LogP contribution in [-0.2, 0) is 15.5 Å². The lowest BCUT2D eigenvalue weighted by Crippen LogP contribution is -2.14. The first kappa shape index (κ1) is 15.2. The zero-order valence-corrected chi connectivity index (χ0v) is 13.2. The van der Waals surface area contributed by atoms with Gasteiger partial charge < -0.3 is 9.72 Å². The molecule has 0 aliphatic heterocycles. The van der Waals surface area contributed by atoms with Crippen molar-refractivity contribution in [3.63, 3.8) is 0 Å². The Hall–Kier alpha value is -2.67. The van der Waals surface area contributed by atoms with Crippen LogP contribution in [0, 0.1) is 0 Å². The number of aromatic nitrogens is 2. The summed E-state index contributed by atoms with van der Waals surface area (Å²) in [6.07, 6.45) is -0.570. The lowest BCUT2D eigenvalue weighted by molar-refractivity contribution is 0.167. The third-order valence-corrected chi connectivity index (χ3v) is 4.50. The summed E-state index contributed by atoms with van der Waals surface area (Å²) >= 11 is 0. The Kier molecular flexibility index (Phi) is 4.38. The lowest BCUT2D eigenvalue weighted by atomic mass is 10.3. The van der Waals surface area contributed by atoms with E-state index in [2.05, 4.69) is 15.3 Å². The van der Waals surface area contributed by atoms with Crippen molar-refractivity contribution in [2.24, 2.45) is 0 Å². The number of H-pyrrole nitrogens is 1. The smallest absolute Gasteiger partial charge is 0.413 e. The largest absolute Gasteiger partial charge is 0.450 e. The fourth-order valence-corrected chi connectivity index (χ4v) is 3.20. The van der Waals surface area contributed by atoms with Crippen LogP contribution in [0.1, 0.15) is 6.92 Å². The third kappa shape index (κ3) is 3.40. The highest BCUT2D eigenvalue weighted by atomic mass is 32.2. The molecule has 3 rings (SSSR count). The average molecular weight is 329 g/mol. The number of aromatic amines is 1. The van der Waals surface area contributed by atoms with Crippen LogP contribution in [0.15, 0.2) is 58.3 Å². The Balaban J connectivity index is 1.87. The predicted octanol–water partition coefficient (Wildman–Crippen LogP) is 3.30. The molecule has 1 unspecified atom stereocenters. The van der Waals surface area contributed by atoms with Gasteiger partial charge in [0.2, 0.25) is 5.95 Å². The second-order valence-corrected chi connectivity index (χ2v) is 6.17. The Bertz CT molecular complexity index is 861. The van der Waals surface area contributed by atoms with E-state index in [-0.39, 0.29) is 6.61 Å². The van der Waals surface area contributed by atoms with Crippen LogP contribution in [0.2, 0.25) is 0 Å². The Morgan fingerprint density at radius 1 is 1.22 bits per heavy atom. The molecule has 7 heteroatoms. The number of amides is 1. The van der Waals surface area contributed by atoms with Gasteiger partial charge in [-0.2, -0.15) is 0 Å². The normalized spacial score (nSPS) is 12.0. The highest BCUT2D eigenvalue weighted by Gasteiger charge is 2.11. The molecule has 1 aromatic heterocycles. The lowest BCUT2D eigenvalue weighted by Gasteiger charge is -2.01. The molecule has 0 fully saturated rings. The van der Waals surface area contributed by atoms with Crippen molar-refractivity contribution in [3.8, 4) is 0 Å². The Morgan fingerprint density at radius 2 is 2.00 bits per heavy atom. The molecule has 2 aromatic carbocycles. The first-order valence-corrected chi connectivity index (χ1v) is 8.22. The number of rotatable bonds is 4. The van der Waals surface area contributed by atoms with E-state index in [0.29, 0.717) is 21.9 Å². The van der Waals surface area contributed by atoms with Crippen molar-refractivity contribution in [1.82, 2.24) is 9.97 Å². The summed E-state index contributed by atoms with van der Waals surface area (Å²) in [6, 6.07) is 14.5. The number of nitrogens with zero attached hydrogens (tertiary/aromatic N) is 1. The molecule has 1 amide bonds. The fourth-order valence-electron chi connectivity index (χ4n) is 2.11. The van der Waals surface area contributed by atoms with E-state index < -0.39 is 16.9 Å². The van der Waals surface area contributed by atoms with Crippen molar-refractivity contribution in [1.29, 1.82) is 0 Å². The van der Waals surface area contributed by atoms with E-state index in [9.17, 15) is 9.00 Å². The van der Waals surface area contributed by atoms with Crippen LogP contribution in [0.4, 0.5) is 10.7 Å². The quantitative estimate of drug-likeness (QED) is 0.769. The van der Waals surface area contributed by atoms with Gasteiger partial charge >= 0.3 is 6.09 Å². The number of carbonyl (C=O) groups excluding carboxylic acids is 1. The molecular formula is C16H15N3O3S. The second-order valence-electron chi connectivity index (χ2n) is 4.69. The molecule has 0 saturated carbocycles. The van der Waals surface area contributed by atoms with Crippen molar-refractivity contribution < 1.29 is 13.7 Å². The first-order chi connectivity index (χ1) is 11.2. The fraction of sp³-hybridized carbons (Fsp3) is 0.125. The minimum Gasteiger partial charge on any atom is -0.450 e. The first-order valence-electron chi connectivity index (χ1n) is 7.07. The summed E-state index contributed by atoms with van der Waals surface area (Å²) in [4.78, 5) is 20.0. The SMILES string of the molecule is CCOC(=O)Nc1nc2ccc(S(=O)c3ccccc3)cc2[nH]1. The van der Waals surface area contributed by atoms with Gasteiger partial charge in [-0.1, -0.05) is 18.2 Å². The van der Waals surface area contributed by atoms with Gasteiger partial charge in [0.05, 0.1) is 28.4 Å². The standard InChI is InChI=1S/C16H15N3O3S/c1-2-22-16(20)19-15-17-13-9-8-12(10-14(13)18-15)23(21)11-6-4-3-5-7-11/h3-10H,2H2,1H3,(H2,17,18,19,20). The van der Waals surface area contributed by atoms with E-state index in [4.69, 9.17) is 4.74 Å². The monoisotopic (exact) mass is 329 g/mol. The van der Waals surface area contributed by atoms with Gasteiger partial charge in [0.25, 0.3) is 0 Å². The predicted molar refractivity (Wildman–Crippen MR) is 87.9 cm³/mol. The number of anilines is 1. The van der Waals surface area contributed by atoms with E-state index in [1.165, 1.54) is 0 Å². The number of benzene rings is 2. The number of hydrogen-bond acceptors (Lipinski definition) is 4. The zero-order valence-electron chi connectivity index (χ0n) is 12.4. The molecule has 0 bridgehead atoms. The zero-order chi connectivity index (χ0) is 16.2. The Labute approximate surface area is 135 Å². The number of hydrogen-bond donors (Lipinski definition) is 2. The van der Waals surface area contributed by atoms with E-state index >= 15 is 0 Å². The molecular weight excluding hydrogens is 314 g/mol. The van der Waals surface area contributed by atoms with Crippen LogP contribution in [0.25, 0.3) is 11.0 Å². The molecule has 0 aliphatic rings. The number of carbonyl (C=O) groups is 1. The molecule has 6 nitrogen and oxygen atoms in total. The summed E-state index contributed by atoms with van der Waals surface area (Å²) in [5.74, 6) is 0.293. The highest BCUT2D eigenvalue weighted by Crippen LogP contribution is 2.21. The number of nitrogens with one attached hydrogen (secondary N) is 2. The molecule has 1 heterocycles. The maximum Gasteiger partial charge on any atom is 0.413 e. The maximum atomic E-state index is 12.5. The number of imidazole rings is 1. The van der Waals surface area contributed by atoms with E-state index in [1.54, 1.807) is 25.1 Å². The topological polar surface area (TPSA) is 84.1 Å². The molecule has 2 N–H and O–H groups in total. The van der Waals surface area contributed by atoms with Gasteiger partial charge in [0.15, 0.2) is 0 Å². The highest BCUT2D eigenvalue weighted by molar-refractivity contribution is 7.85. The van der Waals surface area contributed by atoms with Gasteiger partial charge in [0.1, 0.15) is 0 Å². The maximum absolute atomic E-state index is 12.5. The van der Waals surface area contributed by atoms with Crippen molar-refractivity contribution >= 4 is 33.9 Å². The molecule has 1 atom stereocenters.